The number of rotatable bonds is 2. The third-order valence-corrected chi connectivity index (χ3v) is 6.46. The molecule has 0 saturated heterocycles. The average molecular weight is 409 g/mol. The van der Waals surface area contributed by atoms with Crippen LogP contribution in [0.4, 0.5) is 5.00 Å². The van der Waals surface area contributed by atoms with Crippen molar-refractivity contribution in [2.45, 2.75) is 26.1 Å². The normalized spacial score (nSPS) is 22.3. The highest BCUT2D eigenvalue weighted by Crippen LogP contribution is 2.40. The van der Waals surface area contributed by atoms with Crippen LogP contribution in [0.15, 0.2) is 22.7 Å². The van der Waals surface area contributed by atoms with Crippen molar-refractivity contribution >= 4 is 38.2 Å². The summed E-state index contributed by atoms with van der Waals surface area (Å²) < 4.78 is 0.866. The first-order valence-electron chi connectivity index (χ1n) is 8.10. The first kappa shape index (κ1) is 15.9. The number of halogens is 1. The Morgan fingerprint density at radius 2 is 2.25 bits per heavy atom. The average Bonchev–Trinajstić information content (AvgIpc) is 2.94. The third-order valence-electron chi connectivity index (χ3n) is 4.81. The lowest BCUT2D eigenvalue weighted by Gasteiger charge is -2.27. The molecule has 1 unspecified atom stereocenters. The van der Waals surface area contributed by atoms with Crippen molar-refractivity contribution in [3.8, 4) is 5.75 Å². The van der Waals surface area contributed by atoms with Crippen LogP contribution in [-0.2, 0) is 13.0 Å². The maximum Gasteiger partial charge on any atom is 0.256 e. The van der Waals surface area contributed by atoms with Crippen molar-refractivity contribution in [2.75, 3.05) is 18.4 Å². The third kappa shape index (κ3) is 2.60. The van der Waals surface area contributed by atoms with Crippen LogP contribution in [0.1, 0.15) is 39.5 Å². The highest BCUT2D eigenvalue weighted by molar-refractivity contribution is 9.10. The number of phenolic OH excluding ortho intramolecular Hbond substituents is 1. The standard InChI is InChI=1S/C17H18BrN3O2S/c1-2-21-6-5-10-13(8-21)24-17-14(10)16(23)19-15(20-17)11-7-9(18)3-4-12(11)22/h3-4,7,15,20,22H,2,5-6,8H2,1H3,(H,19,23)/p+1/t15-/m1/s1. The Labute approximate surface area is 152 Å². The van der Waals surface area contributed by atoms with E-state index in [-0.39, 0.29) is 11.7 Å². The highest BCUT2D eigenvalue weighted by atomic mass is 79.9. The molecule has 5 nitrogen and oxygen atoms in total. The van der Waals surface area contributed by atoms with E-state index >= 15 is 0 Å². The van der Waals surface area contributed by atoms with Gasteiger partial charge in [0, 0.05) is 16.5 Å². The van der Waals surface area contributed by atoms with Crippen LogP contribution >= 0.6 is 27.3 Å². The van der Waals surface area contributed by atoms with Gasteiger partial charge in [0.05, 0.1) is 23.5 Å². The van der Waals surface area contributed by atoms with Crippen LogP contribution in [0, 0.1) is 0 Å². The lowest BCUT2D eigenvalue weighted by molar-refractivity contribution is -0.913. The van der Waals surface area contributed by atoms with Crippen LogP contribution in [-0.4, -0.2) is 24.1 Å². The molecule has 0 saturated carbocycles. The van der Waals surface area contributed by atoms with E-state index in [1.54, 1.807) is 28.4 Å². The number of anilines is 1. The number of benzene rings is 1. The quantitative estimate of drug-likeness (QED) is 0.614. The number of amides is 1. The Balaban J connectivity index is 1.70. The molecule has 4 N–H and O–H groups in total. The minimum Gasteiger partial charge on any atom is -0.508 e. The second-order valence-corrected chi connectivity index (χ2v) is 8.26. The van der Waals surface area contributed by atoms with E-state index in [1.165, 1.54) is 10.4 Å². The molecule has 4 rings (SSSR count). The first-order valence-corrected chi connectivity index (χ1v) is 9.71. The summed E-state index contributed by atoms with van der Waals surface area (Å²) in [5.74, 6) is 0.118. The van der Waals surface area contributed by atoms with Crippen LogP contribution < -0.4 is 15.5 Å². The molecule has 126 valence electrons. The summed E-state index contributed by atoms with van der Waals surface area (Å²) in [7, 11) is 0. The lowest BCUT2D eigenvalue weighted by atomic mass is 10.00. The van der Waals surface area contributed by atoms with Gasteiger partial charge in [-0.05, 0) is 30.7 Å². The number of thiophene rings is 1. The summed E-state index contributed by atoms with van der Waals surface area (Å²) >= 11 is 5.10. The summed E-state index contributed by atoms with van der Waals surface area (Å²) in [5, 5.41) is 17.4. The number of likely N-dealkylation sites (N-methyl/N-ethyl adjacent to an activating group) is 1. The predicted octanol–water partition coefficient (Wildman–Crippen LogP) is 2.03. The molecule has 0 spiro atoms. The lowest BCUT2D eigenvalue weighted by Crippen LogP contribution is -3.11. The van der Waals surface area contributed by atoms with Crippen LogP contribution in [0.3, 0.4) is 0 Å². The summed E-state index contributed by atoms with van der Waals surface area (Å²) in [6.07, 6.45) is 0.531. The van der Waals surface area contributed by atoms with E-state index in [0.29, 0.717) is 5.56 Å². The van der Waals surface area contributed by atoms with Gasteiger partial charge >= 0.3 is 0 Å². The molecule has 2 aliphatic rings. The minimum atomic E-state index is -0.419. The molecule has 3 heterocycles. The van der Waals surface area contributed by atoms with Gasteiger partial charge in [0.25, 0.3) is 5.91 Å². The number of fused-ring (bicyclic) bond motifs is 3. The van der Waals surface area contributed by atoms with Crippen LogP contribution in [0.5, 0.6) is 5.75 Å². The molecule has 7 heteroatoms. The van der Waals surface area contributed by atoms with E-state index in [9.17, 15) is 9.90 Å². The van der Waals surface area contributed by atoms with E-state index in [1.807, 2.05) is 6.07 Å². The SMILES string of the molecule is CC[NH+]1CCc2c(sc3c2C(=O)N[C@@H](c2cc(Br)ccc2O)N3)C1. The van der Waals surface area contributed by atoms with Gasteiger partial charge < -0.3 is 20.6 Å². The monoisotopic (exact) mass is 408 g/mol. The zero-order chi connectivity index (χ0) is 16.8. The Bertz CT molecular complexity index is 820. The zero-order valence-corrected chi connectivity index (χ0v) is 15.7. The molecule has 1 aromatic carbocycles. The number of hydrogen-bond acceptors (Lipinski definition) is 4. The van der Waals surface area contributed by atoms with Gasteiger partial charge in [0.2, 0.25) is 0 Å². The Morgan fingerprint density at radius 1 is 1.42 bits per heavy atom. The van der Waals surface area contributed by atoms with E-state index < -0.39 is 6.17 Å². The Kier molecular flexibility index (Phi) is 4.02. The molecule has 1 aromatic heterocycles. The molecule has 0 aliphatic carbocycles. The van der Waals surface area contributed by atoms with E-state index in [2.05, 4.69) is 33.5 Å². The molecular formula is C17H19BrN3O2S+. The highest BCUT2D eigenvalue weighted by Gasteiger charge is 2.34. The molecule has 2 aromatic rings. The Hall–Kier alpha value is -1.57. The number of hydrogen-bond donors (Lipinski definition) is 4. The minimum absolute atomic E-state index is 0.0504. The Morgan fingerprint density at radius 3 is 3.04 bits per heavy atom. The topological polar surface area (TPSA) is 65.8 Å². The van der Waals surface area contributed by atoms with Crippen molar-refractivity contribution in [1.29, 1.82) is 0 Å². The second-order valence-electron chi connectivity index (χ2n) is 6.24. The van der Waals surface area contributed by atoms with Gasteiger partial charge in [-0.2, -0.15) is 0 Å². The molecular weight excluding hydrogens is 390 g/mol. The van der Waals surface area contributed by atoms with Crippen molar-refractivity contribution in [1.82, 2.24) is 5.32 Å². The molecule has 2 aliphatic heterocycles. The summed E-state index contributed by atoms with van der Waals surface area (Å²) in [6, 6.07) is 5.24. The molecule has 24 heavy (non-hydrogen) atoms. The van der Waals surface area contributed by atoms with Crippen LogP contribution in [0.2, 0.25) is 0 Å². The van der Waals surface area contributed by atoms with Crippen molar-refractivity contribution in [2.24, 2.45) is 0 Å². The maximum atomic E-state index is 12.7. The summed E-state index contributed by atoms with van der Waals surface area (Å²) in [4.78, 5) is 15.6. The smallest absolute Gasteiger partial charge is 0.256 e. The zero-order valence-electron chi connectivity index (χ0n) is 13.3. The van der Waals surface area contributed by atoms with Gasteiger partial charge in [0.15, 0.2) is 0 Å². The maximum absolute atomic E-state index is 12.7. The van der Waals surface area contributed by atoms with Gasteiger partial charge in [-0.1, -0.05) is 15.9 Å². The van der Waals surface area contributed by atoms with E-state index in [0.717, 1.165) is 41.1 Å². The van der Waals surface area contributed by atoms with Crippen molar-refractivity contribution in [3.05, 3.63) is 44.2 Å². The van der Waals surface area contributed by atoms with E-state index in [4.69, 9.17) is 0 Å². The molecule has 0 bridgehead atoms. The van der Waals surface area contributed by atoms with Crippen molar-refractivity contribution in [3.63, 3.8) is 0 Å². The fourth-order valence-corrected chi connectivity index (χ4v) is 5.19. The fraction of sp³-hybridized carbons (Fsp3) is 0.353. The fourth-order valence-electron chi connectivity index (χ4n) is 3.46. The summed E-state index contributed by atoms with van der Waals surface area (Å²) in [6.45, 7) is 5.38. The second kappa shape index (κ2) is 6.06. The van der Waals surface area contributed by atoms with Gasteiger partial charge in [-0.25, -0.2) is 0 Å². The molecule has 1 amide bonds. The number of carbonyl (C=O) groups excluding carboxylic acids is 1. The number of nitrogens with one attached hydrogen (secondary N) is 3. The molecule has 0 fully saturated rings. The van der Waals surface area contributed by atoms with Gasteiger partial charge in [-0.3, -0.25) is 4.79 Å². The number of carbonyl (C=O) groups is 1. The molecule has 2 atom stereocenters. The number of phenols is 1. The van der Waals surface area contributed by atoms with Crippen molar-refractivity contribution < 1.29 is 14.8 Å². The van der Waals surface area contributed by atoms with Gasteiger partial charge in [0.1, 0.15) is 23.5 Å². The number of aromatic hydroxyl groups is 1. The predicted molar refractivity (Wildman–Crippen MR) is 97.7 cm³/mol. The first-order chi connectivity index (χ1) is 11.6. The number of quaternary nitrogens is 1. The van der Waals surface area contributed by atoms with Crippen LogP contribution in [0.25, 0.3) is 0 Å². The van der Waals surface area contributed by atoms with Gasteiger partial charge in [-0.15, -0.1) is 11.3 Å². The molecule has 0 radical (unpaired) electrons. The largest absolute Gasteiger partial charge is 0.508 e. The summed E-state index contributed by atoms with van der Waals surface area (Å²) in [5.41, 5.74) is 2.67.